The molecule has 1 atom stereocenters. The molecule has 0 saturated carbocycles. The van der Waals surface area contributed by atoms with Crippen LogP contribution in [0.4, 0.5) is 4.79 Å². The summed E-state index contributed by atoms with van der Waals surface area (Å²) in [5.74, 6) is 1.17. The molecule has 2 rings (SSSR count). The number of nitrogens with one attached hydrogen (secondary N) is 2. The van der Waals surface area contributed by atoms with E-state index >= 15 is 0 Å². The van der Waals surface area contributed by atoms with Crippen LogP contribution in [0.15, 0.2) is 47.1 Å². The van der Waals surface area contributed by atoms with Crippen molar-refractivity contribution in [1.29, 1.82) is 0 Å². The molecule has 6 heteroatoms. The molecule has 1 aromatic heterocycles. The Bertz CT molecular complexity index is 591. The van der Waals surface area contributed by atoms with Crippen LogP contribution >= 0.6 is 0 Å². The molecule has 0 aliphatic heterocycles. The molecule has 2 amide bonds. The fraction of sp³-hybridized carbons (Fsp3) is 0.312. The molecule has 0 spiro atoms. The van der Waals surface area contributed by atoms with E-state index in [4.69, 9.17) is 9.15 Å². The van der Waals surface area contributed by atoms with E-state index in [1.165, 1.54) is 6.26 Å². The Morgan fingerprint density at radius 1 is 1.27 bits per heavy atom. The van der Waals surface area contributed by atoms with Gasteiger partial charge in [-0.2, -0.15) is 0 Å². The molecule has 0 fully saturated rings. The van der Waals surface area contributed by atoms with Gasteiger partial charge in [-0.15, -0.1) is 0 Å². The van der Waals surface area contributed by atoms with Crippen LogP contribution in [0.1, 0.15) is 18.2 Å². The van der Waals surface area contributed by atoms with E-state index in [0.29, 0.717) is 12.3 Å². The van der Waals surface area contributed by atoms with Gasteiger partial charge < -0.3 is 24.9 Å². The molecular weight excluding hydrogens is 284 g/mol. The van der Waals surface area contributed by atoms with Crippen LogP contribution in [0.5, 0.6) is 5.75 Å². The van der Waals surface area contributed by atoms with E-state index in [9.17, 15) is 9.90 Å². The Kier molecular flexibility index (Phi) is 5.06. The fourth-order valence-corrected chi connectivity index (χ4v) is 1.91. The minimum Gasteiger partial charge on any atom is -0.497 e. The molecule has 118 valence electrons. The number of benzene rings is 1. The molecule has 0 radical (unpaired) electrons. The quantitative estimate of drug-likeness (QED) is 0.762. The van der Waals surface area contributed by atoms with Crippen LogP contribution < -0.4 is 15.4 Å². The van der Waals surface area contributed by atoms with Crippen LogP contribution in [-0.4, -0.2) is 24.8 Å². The molecule has 3 N–H and O–H groups in total. The number of hydrogen-bond donors (Lipinski definition) is 3. The third-order valence-corrected chi connectivity index (χ3v) is 3.26. The summed E-state index contributed by atoms with van der Waals surface area (Å²) in [5.41, 5.74) is -0.297. The van der Waals surface area contributed by atoms with Gasteiger partial charge >= 0.3 is 6.03 Å². The molecular formula is C16H20N2O4. The topological polar surface area (TPSA) is 83.7 Å². The minimum absolute atomic E-state index is 0.0506. The minimum atomic E-state index is -1.25. The zero-order valence-corrected chi connectivity index (χ0v) is 12.6. The number of amides is 2. The molecule has 1 aromatic carbocycles. The summed E-state index contributed by atoms with van der Waals surface area (Å²) in [5, 5.41) is 15.6. The second-order valence-corrected chi connectivity index (χ2v) is 5.14. The van der Waals surface area contributed by atoms with E-state index in [2.05, 4.69) is 10.6 Å². The molecule has 0 bridgehead atoms. The second kappa shape index (κ2) is 7.00. The van der Waals surface area contributed by atoms with Crippen LogP contribution in [0.2, 0.25) is 0 Å². The number of methoxy groups -OCH3 is 1. The number of ether oxygens (including phenoxy) is 1. The summed E-state index contributed by atoms with van der Waals surface area (Å²) in [6.45, 7) is 2.02. The summed E-state index contributed by atoms with van der Waals surface area (Å²) in [6, 6.07) is 10.4. The van der Waals surface area contributed by atoms with Crippen molar-refractivity contribution in [3.63, 3.8) is 0 Å². The lowest BCUT2D eigenvalue weighted by molar-refractivity contribution is 0.0367. The molecule has 0 aliphatic carbocycles. The highest BCUT2D eigenvalue weighted by atomic mass is 16.5. The first-order valence-corrected chi connectivity index (χ1v) is 6.92. The maximum absolute atomic E-state index is 11.8. The van der Waals surface area contributed by atoms with Gasteiger partial charge in [-0.1, -0.05) is 12.1 Å². The van der Waals surface area contributed by atoms with Crippen molar-refractivity contribution in [1.82, 2.24) is 10.6 Å². The van der Waals surface area contributed by atoms with Crippen LogP contribution in [-0.2, 0) is 12.1 Å². The monoisotopic (exact) mass is 304 g/mol. The van der Waals surface area contributed by atoms with Crippen molar-refractivity contribution in [2.24, 2.45) is 0 Å². The lowest BCUT2D eigenvalue weighted by Gasteiger charge is -2.21. The van der Waals surface area contributed by atoms with Crippen molar-refractivity contribution in [2.45, 2.75) is 19.1 Å². The van der Waals surface area contributed by atoms with Gasteiger partial charge in [0.15, 0.2) is 0 Å². The smallest absolute Gasteiger partial charge is 0.315 e. The van der Waals surface area contributed by atoms with Gasteiger partial charge in [-0.05, 0) is 36.8 Å². The Labute approximate surface area is 129 Å². The highest BCUT2D eigenvalue weighted by Gasteiger charge is 2.26. The number of rotatable bonds is 6. The van der Waals surface area contributed by atoms with Gasteiger partial charge in [-0.3, -0.25) is 0 Å². The molecule has 6 nitrogen and oxygen atoms in total. The first kappa shape index (κ1) is 15.9. The van der Waals surface area contributed by atoms with Gasteiger partial charge in [0.1, 0.15) is 17.1 Å². The number of hydrogen-bond acceptors (Lipinski definition) is 4. The van der Waals surface area contributed by atoms with Crippen molar-refractivity contribution < 1.29 is 19.1 Å². The van der Waals surface area contributed by atoms with Crippen LogP contribution in [0.25, 0.3) is 0 Å². The third-order valence-electron chi connectivity index (χ3n) is 3.26. The van der Waals surface area contributed by atoms with Gasteiger partial charge in [0.2, 0.25) is 0 Å². The maximum atomic E-state index is 11.8. The Balaban J connectivity index is 1.78. The number of furan rings is 1. The summed E-state index contributed by atoms with van der Waals surface area (Å²) < 4.78 is 10.2. The zero-order valence-electron chi connectivity index (χ0n) is 12.6. The highest BCUT2D eigenvalue weighted by Crippen LogP contribution is 2.19. The number of carbonyl (C=O) groups excluding carboxylic acids is 1. The van der Waals surface area contributed by atoms with E-state index in [1.807, 2.05) is 24.3 Å². The van der Waals surface area contributed by atoms with Crippen molar-refractivity contribution in [3.8, 4) is 5.75 Å². The van der Waals surface area contributed by atoms with Gasteiger partial charge in [0.05, 0.1) is 19.9 Å². The lowest BCUT2D eigenvalue weighted by atomic mass is 10.0. The zero-order chi connectivity index (χ0) is 16.0. The molecule has 1 unspecified atom stereocenters. The Hall–Kier alpha value is -2.47. The predicted octanol–water partition coefficient (Wildman–Crippen LogP) is 2.00. The molecule has 0 saturated heterocycles. The highest BCUT2D eigenvalue weighted by molar-refractivity contribution is 5.73. The fourth-order valence-electron chi connectivity index (χ4n) is 1.91. The molecule has 2 aromatic rings. The predicted molar refractivity (Wildman–Crippen MR) is 81.5 cm³/mol. The first-order chi connectivity index (χ1) is 10.5. The van der Waals surface area contributed by atoms with Gasteiger partial charge in [0, 0.05) is 6.54 Å². The first-order valence-electron chi connectivity index (χ1n) is 6.92. The summed E-state index contributed by atoms with van der Waals surface area (Å²) in [6.07, 6.45) is 1.48. The van der Waals surface area contributed by atoms with Crippen LogP contribution in [0, 0.1) is 0 Å². The maximum Gasteiger partial charge on any atom is 0.315 e. The van der Waals surface area contributed by atoms with Crippen molar-refractivity contribution in [3.05, 3.63) is 54.0 Å². The van der Waals surface area contributed by atoms with E-state index in [1.54, 1.807) is 26.2 Å². The van der Waals surface area contributed by atoms with Gasteiger partial charge in [0.25, 0.3) is 0 Å². The van der Waals surface area contributed by atoms with Crippen molar-refractivity contribution in [2.75, 3.05) is 13.7 Å². The molecule has 22 heavy (non-hydrogen) atoms. The van der Waals surface area contributed by atoms with Crippen molar-refractivity contribution >= 4 is 6.03 Å². The molecule has 1 heterocycles. The van der Waals surface area contributed by atoms with Gasteiger partial charge in [-0.25, -0.2) is 4.79 Å². The van der Waals surface area contributed by atoms with E-state index in [-0.39, 0.29) is 12.6 Å². The largest absolute Gasteiger partial charge is 0.497 e. The Morgan fingerprint density at radius 2 is 2.00 bits per heavy atom. The third kappa shape index (κ3) is 4.26. The standard InChI is InChI=1S/C16H20N2O4/c1-16(20,14-4-3-9-22-14)11-18-15(19)17-10-12-5-7-13(21-2)8-6-12/h3-9,20H,10-11H2,1-2H3,(H2,17,18,19). The van der Waals surface area contributed by atoms with E-state index < -0.39 is 5.60 Å². The normalized spacial score (nSPS) is 13.2. The van der Waals surface area contributed by atoms with Crippen LogP contribution in [0.3, 0.4) is 0 Å². The average Bonchev–Trinajstić information content (AvgIpc) is 3.07. The molecule has 0 aliphatic rings. The van der Waals surface area contributed by atoms with E-state index in [0.717, 1.165) is 11.3 Å². The number of carbonyl (C=O) groups is 1. The Morgan fingerprint density at radius 3 is 2.59 bits per heavy atom. The summed E-state index contributed by atoms with van der Waals surface area (Å²) in [7, 11) is 1.60. The summed E-state index contributed by atoms with van der Waals surface area (Å²) >= 11 is 0. The second-order valence-electron chi connectivity index (χ2n) is 5.14. The summed E-state index contributed by atoms with van der Waals surface area (Å²) in [4.78, 5) is 11.8. The SMILES string of the molecule is COc1ccc(CNC(=O)NCC(C)(O)c2ccco2)cc1. The number of aliphatic hydroxyl groups is 1. The number of urea groups is 1. The lowest BCUT2D eigenvalue weighted by Crippen LogP contribution is -2.43. The average molecular weight is 304 g/mol.